The molecule has 72 valence electrons. The van der Waals surface area contributed by atoms with Gasteiger partial charge in [-0.05, 0) is 0 Å². The smallest absolute Gasteiger partial charge is 0.321 e. The molecule has 2 N–H and O–H groups in total. The summed E-state index contributed by atoms with van der Waals surface area (Å²) in [5.74, 6) is 0. The summed E-state index contributed by atoms with van der Waals surface area (Å²) in [6, 6.07) is -0.143. The summed E-state index contributed by atoms with van der Waals surface area (Å²) in [6.45, 7) is 2.75. The fourth-order valence-corrected chi connectivity index (χ4v) is 2.33. The van der Waals surface area contributed by atoms with Crippen molar-refractivity contribution in [1.29, 1.82) is 0 Å². The zero-order valence-electron chi connectivity index (χ0n) is 7.04. The lowest BCUT2D eigenvalue weighted by molar-refractivity contribution is 0.232. The van der Waals surface area contributed by atoms with Crippen LogP contribution in [0.3, 0.4) is 0 Å². The van der Waals surface area contributed by atoms with Crippen molar-refractivity contribution in [1.82, 2.24) is 20.0 Å². The van der Waals surface area contributed by atoms with Gasteiger partial charge < -0.3 is 10.6 Å². The van der Waals surface area contributed by atoms with Gasteiger partial charge in [-0.25, -0.2) is 9.59 Å². The summed E-state index contributed by atoms with van der Waals surface area (Å²) < 4.78 is 3.32. The van der Waals surface area contributed by atoms with Crippen molar-refractivity contribution in [2.45, 2.75) is 0 Å². The lowest BCUT2D eigenvalue weighted by Gasteiger charge is -2.20. The molecule has 2 heterocycles. The van der Waals surface area contributed by atoms with Gasteiger partial charge in [0.05, 0.1) is 8.88 Å². The average molecular weight is 202 g/mol. The third-order valence-corrected chi connectivity index (χ3v) is 3.29. The third-order valence-electron chi connectivity index (χ3n) is 1.95. The summed E-state index contributed by atoms with van der Waals surface area (Å²) in [5, 5.41) is 5.39. The van der Waals surface area contributed by atoms with E-state index in [9.17, 15) is 9.59 Å². The lowest BCUT2D eigenvalue weighted by atomic mass is 10.7. The molecule has 2 aliphatic rings. The molecule has 2 fully saturated rings. The second-order valence-corrected chi connectivity index (χ2v) is 4.15. The number of carbonyl (C=O) groups excluding carboxylic acids is 2. The minimum Gasteiger partial charge on any atom is -0.336 e. The molecule has 7 heteroatoms. The van der Waals surface area contributed by atoms with Crippen molar-refractivity contribution in [3.8, 4) is 0 Å². The highest BCUT2D eigenvalue weighted by Gasteiger charge is 2.26. The molecule has 0 atom stereocenters. The van der Waals surface area contributed by atoms with Crippen LogP contribution < -0.4 is 10.6 Å². The quantitative estimate of drug-likeness (QED) is 0.595. The summed E-state index contributed by atoms with van der Waals surface area (Å²) in [6.07, 6.45) is 0. The number of urea groups is 2. The Morgan fingerprint density at radius 2 is 1.46 bits per heavy atom. The first-order valence-corrected chi connectivity index (χ1v) is 5.04. The molecular formula is C6H11N4O2P. The molecule has 2 rings (SSSR count). The third kappa shape index (κ3) is 1.67. The Hall–Kier alpha value is -1.03. The van der Waals surface area contributed by atoms with Gasteiger partial charge >= 0.3 is 12.1 Å². The van der Waals surface area contributed by atoms with Crippen LogP contribution in [0.15, 0.2) is 0 Å². The second kappa shape index (κ2) is 3.38. The molecule has 0 saturated carbocycles. The van der Waals surface area contributed by atoms with E-state index in [-0.39, 0.29) is 20.9 Å². The van der Waals surface area contributed by atoms with E-state index in [1.165, 1.54) is 0 Å². The van der Waals surface area contributed by atoms with Gasteiger partial charge in [-0.2, -0.15) is 0 Å². The number of nitrogens with zero attached hydrogens (tertiary/aromatic N) is 2. The van der Waals surface area contributed by atoms with Crippen molar-refractivity contribution in [3.05, 3.63) is 0 Å². The van der Waals surface area contributed by atoms with Gasteiger partial charge in [0.15, 0.2) is 0 Å². The van der Waals surface area contributed by atoms with Crippen LogP contribution in [0.1, 0.15) is 0 Å². The molecule has 0 spiro atoms. The van der Waals surface area contributed by atoms with Crippen molar-refractivity contribution in [2.75, 3.05) is 26.2 Å². The standard InChI is InChI=1S/C6H11N4O2P/c11-5-7-1-3-9(5)13-10-4-2-8-6(10)12/h13H,1-4H2,(H,7,11)(H,8,12). The van der Waals surface area contributed by atoms with E-state index in [0.717, 1.165) is 0 Å². The highest BCUT2D eigenvalue weighted by atomic mass is 31.1. The largest absolute Gasteiger partial charge is 0.336 e. The molecule has 0 aromatic rings. The molecule has 2 saturated heterocycles. The Morgan fingerprint density at radius 3 is 1.77 bits per heavy atom. The van der Waals surface area contributed by atoms with Crippen molar-refractivity contribution in [2.24, 2.45) is 0 Å². The number of hydrogen-bond acceptors (Lipinski definition) is 2. The molecule has 0 aliphatic carbocycles. The highest BCUT2D eigenvalue weighted by Crippen LogP contribution is 2.26. The number of nitrogens with one attached hydrogen (secondary N) is 2. The van der Waals surface area contributed by atoms with E-state index in [0.29, 0.717) is 26.2 Å². The first-order chi connectivity index (χ1) is 6.27. The number of amides is 4. The van der Waals surface area contributed by atoms with Crippen LogP contribution in [0.5, 0.6) is 0 Å². The predicted octanol–water partition coefficient (Wildman–Crippen LogP) is -0.455. The van der Waals surface area contributed by atoms with E-state index >= 15 is 0 Å². The number of rotatable bonds is 2. The Labute approximate surface area is 77.5 Å². The van der Waals surface area contributed by atoms with Crippen LogP contribution in [0.4, 0.5) is 9.59 Å². The van der Waals surface area contributed by atoms with Gasteiger partial charge in [-0.15, -0.1) is 0 Å². The molecule has 0 aromatic heterocycles. The highest BCUT2D eigenvalue weighted by molar-refractivity contribution is 7.34. The van der Waals surface area contributed by atoms with Crippen LogP contribution >= 0.6 is 8.88 Å². The Kier molecular flexibility index (Phi) is 2.22. The first kappa shape index (κ1) is 8.56. The molecule has 4 amide bonds. The summed E-state index contributed by atoms with van der Waals surface area (Å²) >= 11 is 0. The number of carbonyl (C=O) groups is 2. The van der Waals surface area contributed by atoms with E-state index in [4.69, 9.17) is 0 Å². The minimum atomic E-state index is -0.0713. The van der Waals surface area contributed by atoms with E-state index in [1.54, 1.807) is 9.34 Å². The topological polar surface area (TPSA) is 64.7 Å². The normalized spacial score (nSPS) is 22.2. The fourth-order valence-electron chi connectivity index (χ4n) is 1.28. The lowest BCUT2D eigenvalue weighted by Crippen LogP contribution is -2.28. The van der Waals surface area contributed by atoms with Crippen LogP contribution in [0.25, 0.3) is 0 Å². The predicted molar refractivity (Wildman–Crippen MR) is 48.5 cm³/mol. The van der Waals surface area contributed by atoms with Crippen molar-refractivity contribution >= 4 is 20.9 Å². The minimum absolute atomic E-state index is 0.0713. The van der Waals surface area contributed by atoms with Gasteiger partial charge in [0, 0.05) is 26.2 Å². The summed E-state index contributed by atoms with van der Waals surface area (Å²) in [5.41, 5.74) is 0. The molecule has 6 nitrogen and oxygen atoms in total. The molecule has 0 radical (unpaired) electrons. The van der Waals surface area contributed by atoms with Crippen LogP contribution in [0.2, 0.25) is 0 Å². The van der Waals surface area contributed by atoms with Gasteiger partial charge in [0.25, 0.3) is 0 Å². The van der Waals surface area contributed by atoms with E-state index < -0.39 is 0 Å². The summed E-state index contributed by atoms with van der Waals surface area (Å²) in [7, 11) is 0.143. The first-order valence-electron chi connectivity index (χ1n) is 4.14. The zero-order chi connectivity index (χ0) is 9.26. The Morgan fingerprint density at radius 1 is 1.00 bits per heavy atom. The molecule has 13 heavy (non-hydrogen) atoms. The van der Waals surface area contributed by atoms with Crippen molar-refractivity contribution in [3.63, 3.8) is 0 Å². The van der Waals surface area contributed by atoms with Crippen molar-refractivity contribution < 1.29 is 9.59 Å². The Bertz CT molecular complexity index is 223. The van der Waals surface area contributed by atoms with Crippen LogP contribution in [-0.4, -0.2) is 47.6 Å². The van der Waals surface area contributed by atoms with Gasteiger partial charge in [0.1, 0.15) is 0 Å². The van der Waals surface area contributed by atoms with Gasteiger partial charge in [-0.3, -0.25) is 9.34 Å². The molecule has 0 aromatic carbocycles. The van der Waals surface area contributed by atoms with Crippen LogP contribution in [0, 0.1) is 0 Å². The maximum absolute atomic E-state index is 11.1. The monoisotopic (exact) mass is 202 g/mol. The number of hydrogen-bond donors (Lipinski definition) is 2. The average Bonchev–Trinajstić information content (AvgIpc) is 2.65. The van der Waals surface area contributed by atoms with Gasteiger partial charge in [0.2, 0.25) is 0 Å². The maximum atomic E-state index is 11.1. The summed E-state index contributed by atoms with van der Waals surface area (Å²) in [4.78, 5) is 22.3. The fraction of sp³-hybridized carbons (Fsp3) is 0.667. The Balaban J connectivity index is 1.89. The second-order valence-electron chi connectivity index (χ2n) is 2.87. The van der Waals surface area contributed by atoms with Gasteiger partial charge in [-0.1, -0.05) is 0 Å². The SMILES string of the molecule is O=C1NCCN1PN1CCNC1=O. The zero-order valence-corrected chi connectivity index (χ0v) is 8.04. The molecule has 0 unspecified atom stereocenters. The maximum Gasteiger partial charge on any atom is 0.321 e. The molecular weight excluding hydrogens is 191 g/mol. The van der Waals surface area contributed by atoms with Crippen LogP contribution in [-0.2, 0) is 0 Å². The molecule has 0 bridgehead atoms. The molecule has 2 aliphatic heterocycles. The van der Waals surface area contributed by atoms with E-state index in [1.807, 2.05) is 0 Å². The van der Waals surface area contributed by atoms with E-state index in [2.05, 4.69) is 10.6 Å².